The Morgan fingerprint density at radius 3 is 2.65 bits per heavy atom. The Morgan fingerprint density at radius 1 is 1.22 bits per heavy atom. The maximum absolute atomic E-state index is 11.9. The van der Waals surface area contributed by atoms with Crippen molar-refractivity contribution in [2.75, 3.05) is 0 Å². The summed E-state index contributed by atoms with van der Waals surface area (Å²) in [6, 6.07) is 9.33. The zero-order chi connectivity index (χ0) is 16.8. The third-order valence-electron chi connectivity index (χ3n) is 3.61. The van der Waals surface area contributed by atoms with Crippen molar-refractivity contribution in [3.63, 3.8) is 0 Å². The molecule has 0 fully saturated rings. The van der Waals surface area contributed by atoms with Crippen LogP contribution in [0.2, 0.25) is 0 Å². The van der Waals surface area contributed by atoms with E-state index in [1.165, 1.54) is 11.8 Å². The van der Waals surface area contributed by atoms with E-state index in [1.807, 2.05) is 32.0 Å². The molecule has 1 N–H and O–H groups in total. The van der Waals surface area contributed by atoms with Crippen LogP contribution in [-0.4, -0.2) is 18.0 Å². The summed E-state index contributed by atoms with van der Waals surface area (Å²) >= 11 is 0. The number of carbonyl (C=O) groups is 2. The van der Waals surface area contributed by atoms with Gasteiger partial charge in [0.15, 0.2) is 6.10 Å². The lowest BCUT2D eigenvalue weighted by molar-refractivity contribution is -0.154. The summed E-state index contributed by atoms with van der Waals surface area (Å²) in [4.78, 5) is 23.8. The molecule has 1 heterocycles. The first-order valence-corrected chi connectivity index (χ1v) is 7.51. The number of carbonyl (C=O) groups excluding carboxylic acids is 2. The first-order chi connectivity index (χ1) is 11.0. The Bertz CT molecular complexity index is 676. The van der Waals surface area contributed by atoms with E-state index in [1.54, 1.807) is 19.1 Å². The second kappa shape index (κ2) is 7.63. The molecule has 2 rings (SSSR count). The van der Waals surface area contributed by atoms with Crippen LogP contribution < -0.4 is 5.32 Å². The molecule has 5 heteroatoms. The predicted octanol–water partition coefficient (Wildman–Crippen LogP) is 2.69. The van der Waals surface area contributed by atoms with Crippen molar-refractivity contribution in [2.24, 2.45) is 0 Å². The number of nitrogens with one attached hydrogen (secondary N) is 1. The number of hydrogen-bond acceptors (Lipinski definition) is 4. The third-order valence-corrected chi connectivity index (χ3v) is 3.61. The van der Waals surface area contributed by atoms with Gasteiger partial charge in [0.25, 0.3) is 5.91 Å². The molecule has 1 amide bonds. The number of ether oxygens (including phenoxy) is 1. The molecule has 0 unspecified atom stereocenters. The molecule has 1 aromatic carbocycles. The lowest BCUT2D eigenvalue weighted by Gasteiger charge is -2.13. The second-order valence-corrected chi connectivity index (χ2v) is 5.52. The normalized spacial score (nSPS) is 11.8. The number of amides is 1. The van der Waals surface area contributed by atoms with Crippen molar-refractivity contribution >= 4 is 11.9 Å². The number of hydrogen-bond donors (Lipinski definition) is 1. The molecular weight excluding hydrogens is 294 g/mol. The number of aryl methyl sites for hydroxylation is 2. The average Bonchev–Trinajstić information content (AvgIpc) is 3.01. The summed E-state index contributed by atoms with van der Waals surface area (Å²) in [5, 5.41) is 2.66. The van der Waals surface area contributed by atoms with Gasteiger partial charge in [-0.05, 0) is 49.6 Å². The molecule has 1 aromatic heterocycles. The van der Waals surface area contributed by atoms with Gasteiger partial charge in [-0.15, -0.1) is 0 Å². The Labute approximate surface area is 135 Å². The summed E-state index contributed by atoms with van der Waals surface area (Å²) in [7, 11) is 0. The van der Waals surface area contributed by atoms with Gasteiger partial charge in [-0.1, -0.05) is 18.2 Å². The average molecular weight is 315 g/mol. The molecule has 0 aliphatic carbocycles. The number of rotatable bonds is 6. The van der Waals surface area contributed by atoms with Crippen LogP contribution in [0.1, 0.15) is 29.4 Å². The smallest absolute Gasteiger partial charge is 0.311 e. The minimum atomic E-state index is -0.844. The highest BCUT2D eigenvalue weighted by atomic mass is 16.5. The van der Waals surface area contributed by atoms with Gasteiger partial charge in [-0.25, -0.2) is 0 Å². The fourth-order valence-electron chi connectivity index (χ4n) is 2.10. The Morgan fingerprint density at radius 2 is 2.00 bits per heavy atom. The fourth-order valence-corrected chi connectivity index (χ4v) is 2.10. The van der Waals surface area contributed by atoms with E-state index in [9.17, 15) is 9.59 Å². The van der Waals surface area contributed by atoms with Crippen molar-refractivity contribution in [1.29, 1.82) is 0 Å². The lowest BCUT2D eigenvalue weighted by Crippen LogP contribution is -2.35. The first-order valence-electron chi connectivity index (χ1n) is 7.51. The quantitative estimate of drug-likeness (QED) is 0.832. The molecular formula is C18H21NO4. The Kier molecular flexibility index (Phi) is 5.57. The molecule has 1 atom stereocenters. The predicted molar refractivity (Wildman–Crippen MR) is 85.7 cm³/mol. The molecule has 0 aliphatic rings. The highest BCUT2D eigenvalue weighted by Crippen LogP contribution is 2.11. The zero-order valence-electron chi connectivity index (χ0n) is 13.6. The molecule has 0 saturated heterocycles. The van der Waals surface area contributed by atoms with Crippen molar-refractivity contribution in [2.45, 2.75) is 39.8 Å². The summed E-state index contributed by atoms with van der Waals surface area (Å²) in [6.07, 6.45) is 0.842. The van der Waals surface area contributed by atoms with Crippen molar-refractivity contribution in [3.05, 3.63) is 59.0 Å². The summed E-state index contributed by atoms with van der Waals surface area (Å²) < 4.78 is 10.3. The minimum Gasteiger partial charge on any atom is -0.467 e. The standard InChI is InChI=1S/C18H21NO4/c1-12-6-7-15(9-13(12)2)10-17(20)23-14(3)18(21)19-11-16-5-4-8-22-16/h4-9,14H,10-11H2,1-3H3,(H,19,21)/t14-/m1/s1. The van der Waals surface area contributed by atoms with Gasteiger partial charge in [0, 0.05) is 0 Å². The molecule has 23 heavy (non-hydrogen) atoms. The van der Waals surface area contributed by atoms with Gasteiger partial charge in [-0.2, -0.15) is 0 Å². The highest BCUT2D eigenvalue weighted by molar-refractivity contribution is 5.83. The van der Waals surface area contributed by atoms with E-state index in [0.29, 0.717) is 5.76 Å². The monoisotopic (exact) mass is 315 g/mol. The van der Waals surface area contributed by atoms with E-state index in [4.69, 9.17) is 9.15 Å². The van der Waals surface area contributed by atoms with Crippen LogP contribution in [0.15, 0.2) is 41.0 Å². The first kappa shape index (κ1) is 16.8. The summed E-state index contributed by atoms with van der Waals surface area (Å²) in [5.41, 5.74) is 3.17. The van der Waals surface area contributed by atoms with Crippen LogP contribution in [0.4, 0.5) is 0 Å². The van der Waals surface area contributed by atoms with Crippen LogP contribution >= 0.6 is 0 Å². The van der Waals surface area contributed by atoms with Gasteiger partial charge in [0.05, 0.1) is 19.2 Å². The van der Waals surface area contributed by atoms with Crippen molar-refractivity contribution in [3.8, 4) is 0 Å². The number of esters is 1. The zero-order valence-corrected chi connectivity index (χ0v) is 13.6. The number of benzene rings is 1. The van der Waals surface area contributed by atoms with Gasteiger partial charge in [0.1, 0.15) is 5.76 Å². The van der Waals surface area contributed by atoms with E-state index < -0.39 is 12.1 Å². The van der Waals surface area contributed by atoms with Crippen LogP contribution in [0.3, 0.4) is 0 Å². The van der Waals surface area contributed by atoms with Gasteiger partial charge in [0.2, 0.25) is 0 Å². The third kappa shape index (κ3) is 4.98. The largest absolute Gasteiger partial charge is 0.467 e. The summed E-state index contributed by atoms with van der Waals surface area (Å²) in [5.74, 6) is -0.129. The van der Waals surface area contributed by atoms with Gasteiger partial charge in [-0.3, -0.25) is 9.59 Å². The SMILES string of the molecule is Cc1ccc(CC(=O)O[C@H](C)C(=O)NCc2ccco2)cc1C. The van der Waals surface area contributed by atoms with Crippen LogP contribution in [-0.2, 0) is 27.3 Å². The molecule has 122 valence electrons. The second-order valence-electron chi connectivity index (χ2n) is 5.52. The van der Waals surface area contributed by atoms with E-state index in [0.717, 1.165) is 11.1 Å². The van der Waals surface area contributed by atoms with Crippen LogP contribution in [0.25, 0.3) is 0 Å². The molecule has 0 bridgehead atoms. The fraction of sp³-hybridized carbons (Fsp3) is 0.333. The van der Waals surface area contributed by atoms with Gasteiger partial charge < -0.3 is 14.5 Å². The topological polar surface area (TPSA) is 68.5 Å². The molecule has 0 saturated carbocycles. The van der Waals surface area contributed by atoms with E-state index in [2.05, 4.69) is 5.32 Å². The van der Waals surface area contributed by atoms with E-state index in [-0.39, 0.29) is 18.9 Å². The molecule has 5 nitrogen and oxygen atoms in total. The molecule has 2 aromatic rings. The Hall–Kier alpha value is -2.56. The Balaban J connectivity index is 1.81. The molecule has 0 radical (unpaired) electrons. The lowest BCUT2D eigenvalue weighted by atomic mass is 10.0. The molecule has 0 aliphatic heterocycles. The maximum Gasteiger partial charge on any atom is 0.311 e. The van der Waals surface area contributed by atoms with Crippen molar-refractivity contribution < 1.29 is 18.7 Å². The van der Waals surface area contributed by atoms with Gasteiger partial charge >= 0.3 is 5.97 Å². The highest BCUT2D eigenvalue weighted by Gasteiger charge is 2.18. The summed E-state index contributed by atoms with van der Waals surface area (Å²) in [6.45, 7) is 5.83. The molecule has 0 spiro atoms. The minimum absolute atomic E-state index is 0.150. The van der Waals surface area contributed by atoms with Crippen LogP contribution in [0.5, 0.6) is 0 Å². The maximum atomic E-state index is 11.9. The van der Waals surface area contributed by atoms with Crippen LogP contribution in [0, 0.1) is 13.8 Å². The number of furan rings is 1. The van der Waals surface area contributed by atoms with E-state index >= 15 is 0 Å². The van der Waals surface area contributed by atoms with Crippen molar-refractivity contribution in [1.82, 2.24) is 5.32 Å².